The molecule has 76 valence electrons. The zero-order valence-electron chi connectivity index (χ0n) is 9.30. The molecule has 0 fully saturated rings. The van der Waals surface area contributed by atoms with E-state index in [4.69, 9.17) is 0 Å². The molecule has 1 aromatic rings. The summed E-state index contributed by atoms with van der Waals surface area (Å²) >= 11 is 0. The van der Waals surface area contributed by atoms with E-state index in [1.807, 2.05) is 7.05 Å². The van der Waals surface area contributed by atoms with Gasteiger partial charge in [0.15, 0.2) is 0 Å². The first-order chi connectivity index (χ1) is 6.63. The SMILES string of the molecule is C=C(C)CC(NC)c1ccc(C)cc1. The van der Waals surface area contributed by atoms with Gasteiger partial charge in [0.1, 0.15) is 0 Å². The third kappa shape index (κ3) is 3.00. The summed E-state index contributed by atoms with van der Waals surface area (Å²) < 4.78 is 0. The Hall–Kier alpha value is -1.08. The maximum atomic E-state index is 3.95. The van der Waals surface area contributed by atoms with Crippen molar-refractivity contribution in [1.29, 1.82) is 0 Å². The van der Waals surface area contributed by atoms with Crippen LogP contribution in [0.2, 0.25) is 0 Å². The minimum Gasteiger partial charge on any atom is -0.313 e. The molecule has 0 bridgehead atoms. The van der Waals surface area contributed by atoms with E-state index in [9.17, 15) is 0 Å². The number of aryl methyl sites for hydroxylation is 1. The fraction of sp³-hybridized carbons (Fsp3) is 0.385. The van der Waals surface area contributed by atoms with E-state index in [1.165, 1.54) is 16.7 Å². The average Bonchev–Trinajstić information content (AvgIpc) is 2.15. The van der Waals surface area contributed by atoms with Crippen LogP contribution in [-0.2, 0) is 0 Å². The van der Waals surface area contributed by atoms with E-state index in [1.54, 1.807) is 0 Å². The fourth-order valence-electron chi connectivity index (χ4n) is 1.53. The molecule has 0 heterocycles. The molecule has 0 spiro atoms. The topological polar surface area (TPSA) is 12.0 Å². The Kier molecular flexibility index (Phi) is 3.90. The monoisotopic (exact) mass is 189 g/mol. The van der Waals surface area contributed by atoms with E-state index in [0.29, 0.717) is 6.04 Å². The van der Waals surface area contributed by atoms with Crippen molar-refractivity contribution in [2.24, 2.45) is 0 Å². The van der Waals surface area contributed by atoms with Crippen LogP contribution in [0.4, 0.5) is 0 Å². The largest absolute Gasteiger partial charge is 0.313 e. The Morgan fingerprint density at radius 2 is 1.93 bits per heavy atom. The van der Waals surface area contributed by atoms with Crippen molar-refractivity contribution in [2.75, 3.05) is 7.05 Å². The van der Waals surface area contributed by atoms with Crippen LogP contribution in [0.25, 0.3) is 0 Å². The molecular weight excluding hydrogens is 170 g/mol. The summed E-state index contributed by atoms with van der Waals surface area (Å²) in [6.45, 7) is 8.12. The zero-order valence-corrected chi connectivity index (χ0v) is 9.30. The highest BCUT2D eigenvalue weighted by Crippen LogP contribution is 2.19. The number of rotatable bonds is 4. The molecule has 14 heavy (non-hydrogen) atoms. The average molecular weight is 189 g/mol. The van der Waals surface area contributed by atoms with Crippen LogP contribution in [0.15, 0.2) is 36.4 Å². The van der Waals surface area contributed by atoms with Gasteiger partial charge in [-0.1, -0.05) is 35.4 Å². The molecule has 0 aromatic heterocycles. The number of benzene rings is 1. The summed E-state index contributed by atoms with van der Waals surface area (Å²) in [6, 6.07) is 9.06. The predicted octanol–water partition coefficient (Wildman–Crippen LogP) is 3.22. The second-order valence-corrected chi connectivity index (χ2v) is 3.91. The van der Waals surface area contributed by atoms with Crippen molar-refractivity contribution in [3.8, 4) is 0 Å². The molecule has 0 aliphatic rings. The van der Waals surface area contributed by atoms with Crippen LogP contribution in [0, 0.1) is 6.92 Å². The Morgan fingerprint density at radius 1 is 1.36 bits per heavy atom. The minimum absolute atomic E-state index is 0.396. The van der Waals surface area contributed by atoms with E-state index in [0.717, 1.165) is 6.42 Å². The van der Waals surface area contributed by atoms with Gasteiger partial charge >= 0.3 is 0 Å². The van der Waals surface area contributed by atoms with Gasteiger partial charge in [-0.05, 0) is 32.9 Å². The Bertz CT molecular complexity index is 298. The molecule has 1 heteroatoms. The lowest BCUT2D eigenvalue weighted by atomic mass is 10.00. The Labute approximate surface area is 86.8 Å². The van der Waals surface area contributed by atoms with Crippen LogP contribution in [0.3, 0.4) is 0 Å². The molecule has 0 amide bonds. The summed E-state index contributed by atoms with van der Waals surface area (Å²) in [5.41, 5.74) is 3.85. The van der Waals surface area contributed by atoms with Crippen molar-refractivity contribution in [3.05, 3.63) is 47.5 Å². The standard InChI is InChI=1S/C13H19N/c1-10(2)9-13(14-4)12-7-5-11(3)6-8-12/h5-8,13-14H,1,9H2,2-4H3. The van der Waals surface area contributed by atoms with Crippen molar-refractivity contribution >= 4 is 0 Å². The molecule has 1 rings (SSSR count). The van der Waals surface area contributed by atoms with Crippen LogP contribution in [0.1, 0.15) is 30.5 Å². The normalized spacial score (nSPS) is 12.5. The van der Waals surface area contributed by atoms with Gasteiger partial charge in [0.25, 0.3) is 0 Å². The summed E-state index contributed by atoms with van der Waals surface area (Å²) in [7, 11) is 1.99. The number of nitrogens with one attached hydrogen (secondary N) is 1. The fourth-order valence-corrected chi connectivity index (χ4v) is 1.53. The first kappa shape index (κ1) is 11.0. The lowest BCUT2D eigenvalue weighted by Gasteiger charge is -2.16. The summed E-state index contributed by atoms with van der Waals surface area (Å²) in [6.07, 6.45) is 1.000. The Balaban J connectivity index is 2.78. The van der Waals surface area contributed by atoms with Crippen LogP contribution < -0.4 is 5.32 Å². The van der Waals surface area contributed by atoms with Crippen molar-refractivity contribution in [1.82, 2.24) is 5.32 Å². The summed E-state index contributed by atoms with van der Waals surface area (Å²) in [5, 5.41) is 3.31. The molecule has 0 saturated heterocycles. The summed E-state index contributed by atoms with van der Waals surface area (Å²) in [5.74, 6) is 0. The molecule has 0 aliphatic carbocycles. The molecule has 1 nitrogen and oxygen atoms in total. The lowest BCUT2D eigenvalue weighted by molar-refractivity contribution is 0.590. The molecule has 1 aromatic carbocycles. The maximum Gasteiger partial charge on any atom is 0.0354 e. The van der Waals surface area contributed by atoms with E-state index >= 15 is 0 Å². The van der Waals surface area contributed by atoms with Gasteiger partial charge in [-0.15, -0.1) is 6.58 Å². The van der Waals surface area contributed by atoms with E-state index in [-0.39, 0.29) is 0 Å². The first-order valence-corrected chi connectivity index (χ1v) is 5.01. The first-order valence-electron chi connectivity index (χ1n) is 5.01. The van der Waals surface area contributed by atoms with E-state index in [2.05, 4.69) is 50.0 Å². The predicted molar refractivity (Wildman–Crippen MR) is 62.4 cm³/mol. The highest BCUT2D eigenvalue weighted by molar-refractivity contribution is 5.25. The lowest BCUT2D eigenvalue weighted by Crippen LogP contribution is -2.16. The molecule has 0 saturated carbocycles. The van der Waals surface area contributed by atoms with Crippen LogP contribution >= 0.6 is 0 Å². The molecule has 0 aliphatic heterocycles. The molecule has 1 N–H and O–H groups in total. The van der Waals surface area contributed by atoms with Gasteiger partial charge in [0.2, 0.25) is 0 Å². The van der Waals surface area contributed by atoms with Crippen LogP contribution in [-0.4, -0.2) is 7.05 Å². The second kappa shape index (κ2) is 4.97. The minimum atomic E-state index is 0.396. The summed E-state index contributed by atoms with van der Waals surface area (Å²) in [4.78, 5) is 0. The molecule has 0 radical (unpaired) electrons. The van der Waals surface area contributed by atoms with E-state index < -0.39 is 0 Å². The highest BCUT2D eigenvalue weighted by atomic mass is 14.9. The van der Waals surface area contributed by atoms with Gasteiger partial charge in [0.05, 0.1) is 0 Å². The van der Waals surface area contributed by atoms with Gasteiger partial charge < -0.3 is 5.32 Å². The third-order valence-corrected chi connectivity index (χ3v) is 2.38. The van der Waals surface area contributed by atoms with Gasteiger partial charge in [-0.2, -0.15) is 0 Å². The smallest absolute Gasteiger partial charge is 0.0354 e. The quantitative estimate of drug-likeness (QED) is 0.717. The van der Waals surface area contributed by atoms with Crippen molar-refractivity contribution in [3.63, 3.8) is 0 Å². The van der Waals surface area contributed by atoms with Crippen LogP contribution in [0.5, 0.6) is 0 Å². The highest BCUT2D eigenvalue weighted by Gasteiger charge is 2.07. The zero-order chi connectivity index (χ0) is 10.6. The second-order valence-electron chi connectivity index (χ2n) is 3.91. The molecule has 1 atom stereocenters. The van der Waals surface area contributed by atoms with Crippen molar-refractivity contribution < 1.29 is 0 Å². The van der Waals surface area contributed by atoms with Gasteiger partial charge in [0, 0.05) is 6.04 Å². The molecular formula is C13H19N. The Morgan fingerprint density at radius 3 is 2.36 bits per heavy atom. The number of hydrogen-bond acceptors (Lipinski definition) is 1. The van der Waals surface area contributed by atoms with Crippen molar-refractivity contribution in [2.45, 2.75) is 26.3 Å². The number of hydrogen-bond donors (Lipinski definition) is 1. The van der Waals surface area contributed by atoms with Gasteiger partial charge in [-0.25, -0.2) is 0 Å². The third-order valence-electron chi connectivity index (χ3n) is 2.38. The van der Waals surface area contributed by atoms with Gasteiger partial charge in [-0.3, -0.25) is 0 Å². The molecule has 1 unspecified atom stereocenters. The maximum absolute atomic E-state index is 3.95.